The fourth-order valence-corrected chi connectivity index (χ4v) is 4.19. The van der Waals surface area contributed by atoms with Crippen molar-refractivity contribution in [2.24, 2.45) is 0 Å². The molecule has 0 amide bonds. The van der Waals surface area contributed by atoms with Gasteiger partial charge in [0.15, 0.2) is 0 Å². The zero-order valence-electron chi connectivity index (χ0n) is 13.7. The Balaban J connectivity index is 1.62. The van der Waals surface area contributed by atoms with E-state index in [-0.39, 0.29) is 0 Å². The average Bonchev–Trinajstić information content (AvgIpc) is 3.17. The number of hydrogen-bond acceptors (Lipinski definition) is 3. The molecule has 3 heteroatoms. The van der Waals surface area contributed by atoms with Crippen LogP contribution in [0.3, 0.4) is 0 Å². The second-order valence-corrected chi connectivity index (χ2v) is 7.54. The van der Waals surface area contributed by atoms with Crippen LogP contribution in [0.2, 0.25) is 0 Å². The smallest absolute Gasteiger partial charge is 0.0948 e. The molecule has 0 saturated heterocycles. The molecule has 1 N–H and O–H groups in total. The first-order valence-electron chi connectivity index (χ1n) is 8.55. The zero-order chi connectivity index (χ0) is 15.4. The van der Waals surface area contributed by atoms with Crippen LogP contribution in [-0.2, 0) is 12.8 Å². The van der Waals surface area contributed by atoms with Crippen LogP contribution < -0.4 is 5.32 Å². The lowest BCUT2D eigenvalue weighted by Crippen LogP contribution is -2.27. The van der Waals surface area contributed by atoms with Gasteiger partial charge in [-0.05, 0) is 31.7 Å². The summed E-state index contributed by atoms with van der Waals surface area (Å²) in [5, 5.41) is 4.94. The number of hydrogen-bond donors (Lipinski definition) is 1. The maximum atomic E-state index is 4.88. The van der Waals surface area contributed by atoms with Gasteiger partial charge in [0.05, 0.1) is 10.7 Å². The van der Waals surface area contributed by atoms with Crippen LogP contribution in [0, 0.1) is 6.92 Å². The Morgan fingerprint density at radius 2 is 1.91 bits per heavy atom. The zero-order valence-corrected chi connectivity index (χ0v) is 14.5. The van der Waals surface area contributed by atoms with E-state index in [9.17, 15) is 0 Å². The largest absolute Gasteiger partial charge is 0.314 e. The summed E-state index contributed by atoms with van der Waals surface area (Å²) in [5.74, 6) is 0. The van der Waals surface area contributed by atoms with Gasteiger partial charge in [-0.2, -0.15) is 0 Å². The van der Waals surface area contributed by atoms with Crippen LogP contribution in [0.5, 0.6) is 0 Å². The minimum Gasteiger partial charge on any atom is -0.314 e. The van der Waals surface area contributed by atoms with Gasteiger partial charge in [0, 0.05) is 29.4 Å². The number of thiazole rings is 1. The summed E-state index contributed by atoms with van der Waals surface area (Å²) >= 11 is 1.85. The Hall–Kier alpha value is -1.19. The van der Waals surface area contributed by atoms with Crippen molar-refractivity contribution in [2.75, 3.05) is 6.54 Å². The molecule has 2 nitrogen and oxygen atoms in total. The van der Waals surface area contributed by atoms with E-state index in [1.54, 1.807) is 0 Å². The summed E-state index contributed by atoms with van der Waals surface area (Å²) in [6, 6.07) is 9.61. The Morgan fingerprint density at radius 3 is 2.59 bits per heavy atom. The van der Waals surface area contributed by atoms with E-state index < -0.39 is 0 Å². The van der Waals surface area contributed by atoms with Crippen molar-refractivity contribution >= 4 is 11.3 Å². The Bertz CT molecular complexity index is 594. The molecule has 1 heterocycles. The number of rotatable bonds is 6. The maximum Gasteiger partial charge on any atom is 0.0948 e. The van der Waals surface area contributed by atoms with Crippen molar-refractivity contribution in [3.8, 4) is 11.3 Å². The molecule has 1 saturated carbocycles. The Kier molecular flexibility index (Phi) is 5.27. The number of nitrogens with one attached hydrogen (secondary N) is 1. The van der Waals surface area contributed by atoms with E-state index in [2.05, 4.69) is 43.4 Å². The molecule has 1 aliphatic carbocycles. The summed E-state index contributed by atoms with van der Waals surface area (Å²) in [6.45, 7) is 5.44. The fraction of sp³-hybridized carbons (Fsp3) is 0.526. The van der Waals surface area contributed by atoms with E-state index in [1.165, 1.54) is 52.4 Å². The van der Waals surface area contributed by atoms with Crippen molar-refractivity contribution in [1.82, 2.24) is 10.3 Å². The molecule has 0 aliphatic heterocycles. The molecule has 1 fully saturated rings. The number of benzene rings is 1. The lowest BCUT2D eigenvalue weighted by Gasteiger charge is -2.10. The fourth-order valence-electron chi connectivity index (χ4n) is 3.24. The van der Waals surface area contributed by atoms with E-state index in [4.69, 9.17) is 4.98 Å². The SMILES string of the molecule is CCc1ccc(-c2nc(CCNC3CCCC3)sc2C)cc1. The predicted octanol–water partition coefficient (Wildman–Crippen LogP) is 4.76. The van der Waals surface area contributed by atoms with Crippen LogP contribution in [0.1, 0.15) is 48.1 Å². The molecule has 0 unspecified atom stereocenters. The van der Waals surface area contributed by atoms with E-state index in [0.29, 0.717) is 0 Å². The van der Waals surface area contributed by atoms with Gasteiger partial charge in [0.2, 0.25) is 0 Å². The van der Waals surface area contributed by atoms with Gasteiger partial charge in [-0.3, -0.25) is 0 Å². The third kappa shape index (κ3) is 3.76. The lowest BCUT2D eigenvalue weighted by atomic mass is 10.1. The van der Waals surface area contributed by atoms with Gasteiger partial charge >= 0.3 is 0 Å². The third-order valence-electron chi connectivity index (χ3n) is 4.60. The number of aryl methyl sites for hydroxylation is 2. The molecule has 22 heavy (non-hydrogen) atoms. The van der Waals surface area contributed by atoms with E-state index in [0.717, 1.165) is 25.4 Å². The van der Waals surface area contributed by atoms with Gasteiger partial charge in [-0.25, -0.2) is 4.98 Å². The van der Waals surface area contributed by atoms with Gasteiger partial charge in [0.1, 0.15) is 0 Å². The summed E-state index contributed by atoms with van der Waals surface area (Å²) in [7, 11) is 0. The highest BCUT2D eigenvalue weighted by Gasteiger charge is 2.14. The molecule has 0 radical (unpaired) electrons. The predicted molar refractivity (Wildman–Crippen MR) is 95.6 cm³/mol. The van der Waals surface area contributed by atoms with Crippen molar-refractivity contribution < 1.29 is 0 Å². The first kappa shape index (κ1) is 15.7. The molecular weight excluding hydrogens is 288 g/mol. The summed E-state index contributed by atoms with van der Waals surface area (Å²) in [5.41, 5.74) is 3.81. The Labute approximate surface area is 138 Å². The second-order valence-electron chi connectivity index (χ2n) is 6.25. The summed E-state index contributed by atoms with van der Waals surface area (Å²) in [6.07, 6.45) is 7.64. The van der Waals surface area contributed by atoms with Crippen molar-refractivity contribution in [1.29, 1.82) is 0 Å². The molecular formula is C19H26N2S. The molecule has 3 rings (SSSR count). The van der Waals surface area contributed by atoms with Crippen molar-refractivity contribution in [2.45, 2.75) is 58.4 Å². The van der Waals surface area contributed by atoms with Gasteiger partial charge in [0.25, 0.3) is 0 Å². The van der Waals surface area contributed by atoms with Crippen LogP contribution in [0.15, 0.2) is 24.3 Å². The van der Waals surface area contributed by atoms with Crippen molar-refractivity contribution in [3.63, 3.8) is 0 Å². The van der Waals surface area contributed by atoms with Gasteiger partial charge in [-0.15, -0.1) is 11.3 Å². The van der Waals surface area contributed by atoms with Crippen LogP contribution in [-0.4, -0.2) is 17.6 Å². The van der Waals surface area contributed by atoms with Crippen LogP contribution >= 0.6 is 11.3 Å². The maximum absolute atomic E-state index is 4.88. The molecule has 1 aromatic heterocycles. The summed E-state index contributed by atoms with van der Waals surface area (Å²) < 4.78 is 0. The first-order chi connectivity index (χ1) is 10.8. The highest BCUT2D eigenvalue weighted by atomic mass is 32.1. The van der Waals surface area contributed by atoms with Gasteiger partial charge < -0.3 is 5.32 Å². The minimum atomic E-state index is 0.752. The molecule has 0 spiro atoms. The quantitative estimate of drug-likeness (QED) is 0.832. The lowest BCUT2D eigenvalue weighted by molar-refractivity contribution is 0.527. The summed E-state index contributed by atoms with van der Waals surface area (Å²) in [4.78, 5) is 6.21. The van der Waals surface area contributed by atoms with Crippen LogP contribution in [0.4, 0.5) is 0 Å². The third-order valence-corrected chi connectivity index (χ3v) is 5.63. The molecule has 0 bridgehead atoms. The molecule has 1 aromatic carbocycles. The second kappa shape index (κ2) is 7.38. The van der Waals surface area contributed by atoms with E-state index in [1.807, 2.05) is 11.3 Å². The Morgan fingerprint density at radius 1 is 1.18 bits per heavy atom. The minimum absolute atomic E-state index is 0.752. The number of aromatic nitrogens is 1. The van der Waals surface area contributed by atoms with Crippen LogP contribution in [0.25, 0.3) is 11.3 Å². The molecule has 2 aromatic rings. The monoisotopic (exact) mass is 314 g/mol. The van der Waals surface area contributed by atoms with Crippen molar-refractivity contribution in [3.05, 3.63) is 39.7 Å². The first-order valence-corrected chi connectivity index (χ1v) is 9.37. The average molecular weight is 314 g/mol. The van der Waals surface area contributed by atoms with E-state index >= 15 is 0 Å². The topological polar surface area (TPSA) is 24.9 Å². The standard InChI is InChI=1S/C19H26N2S/c1-3-15-8-10-16(11-9-15)19-14(2)22-18(21-19)12-13-20-17-6-4-5-7-17/h8-11,17,20H,3-7,12-13H2,1-2H3. The highest BCUT2D eigenvalue weighted by molar-refractivity contribution is 7.12. The molecule has 118 valence electrons. The van der Waals surface area contributed by atoms with Gasteiger partial charge in [-0.1, -0.05) is 44.0 Å². The number of nitrogens with zero attached hydrogens (tertiary/aromatic N) is 1. The molecule has 0 atom stereocenters. The highest BCUT2D eigenvalue weighted by Crippen LogP contribution is 2.28. The normalized spacial score (nSPS) is 15.5. The molecule has 1 aliphatic rings.